The van der Waals surface area contributed by atoms with E-state index in [4.69, 9.17) is 13.9 Å². The number of nitrogens with zero attached hydrogens (tertiary/aromatic N) is 4. The fraction of sp³-hybridized carbons (Fsp3) is 0.457. The predicted octanol–water partition coefficient (Wildman–Crippen LogP) is 8.10. The number of Topliss-reactive ketones (excluding diaryl/α,β-unsaturated/α-hetero) is 1. The third-order valence-electron chi connectivity index (χ3n) is 12.2. The van der Waals surface area contributed by atoms with E-state index in [9.17, 15) is 36.0 Å². The molecule has 2 aliphatic carbocycles. The zero-order chi connectivity index (χ0) is 46.8. The van der Waals surface area contributed by atoms with Gasteiger partial charge in [0.1, 0.15) is 17.2 Å². The molecule has 0 bridgehead atoms. The predicted molar refractivity (Wildman–Crippen MR) is 234 cm³/mol. The van der Waals surface area contributed by atoms with Crippen LogP contribution in [0.2, 0.25) is 0 Å². The zero-order valence-electron chi connectivity index (χ0n) is 36.3. The number of halogens is 3. The van der Waals surface area contributed by atoms with Crippen molar-refractivity contribution in [1.29, 1.82) is 0 Å². The Bertz CT molecular complexity index is 2810. The number of hydrogen-bond donors (Lipinski definition) is 1. The number of nitrogens with one attached hydrogen (secondary N) is 1. The van der Waals surface area contributed by atoms with Crippen LogP contribution >= 0.6 is 11.3 Å². The molecule has 8 rings (SSSR count). The molecule has 1 aliphatic heterocycles. The number of carbonyl (C=O) groups excluding carboxylic acids is 4. The van der Waals surface area contributed by atoms with E-state index in [1.807, 2.05) is 20.8 Å². The van der Waals surface area contributed by atoms with Crippen LogP contribution in [0.15, 0.2) is 71.0 Å². The van der Waals surface area contributed by atoms with Gasteiger partial charge in [0.2, 0.25) is 27.4 Å². The molecule has 14 nitrogen and oxygen atoms in total. The van der Waals surface area contributed by atoms with Gasteiger partial charge in [0, 0.05) is 41.5 Å². The molecule has 0 spiro atoms. The molecule has 5 atom stereocenters. The molecule has 1 N–H and O–H groups in total. The van der Waals surface area contributed by atoms with Gasteiger partial charge in [0.25, 0.3) is 5.88 Å². The molecule has 2 amide bonds. The molecule has 19 heteroatoms. The number of sulfonamides is 1. The number of benzene rings is 2. The summed E-state index contributed by atoms with van der Waals surface area (Å²) in [5.74, 6) is -3.61. The lowest BCUT2D eigenvalue weighted by atomic mass is 9.77. The van der Waals surface area contributed by atoms with Gasteiger partial charge in [-0.2, -0.15) is 18.2 Å². The van der Waals surface area contributed by atoms with Crippen molar-refractivity contribution in [2.45, 2.75) is 103 Å². The van der Waals surface area contributed by atoms with E-state index in [1.165, 1.54) is 34.4 Å². The molecule has 0 radical (unpaired) electrons. The maximum absolute atomic E-state index is 15.1. The second kappa shape index (κ2) is 16.9. The lowest BCUT2D eigenvalue weighted by Crippen LogP contribution is -2.48. The van der Waals surface area contributed by atoms with Crippen LogP contribution in [-0.4, -0.2) is 81.9 Å². The average Bonchev–Trinajstić information content (AvgIpc) is 4.07. The summed E-state index contributed by atoms with van der Waals surface area (Å²) in [6.45, 7) is 12.8. The van der Waals surface area contributed by atoms with Gasteiger partial charge in [-0.3, -0.25) is 19.1 Å². The number of amides is 2. The summed E-state index contributed by atoms with van der Waals surface area (Å²) in [4.78, 5) is 71.5. The van der Waals surface area contributed by atoms with Gasteiger partial charge in [-0.25, -0.2) is 23.2 Å². The van der Waals surface area contributed by atoms with Crippen LogP contribution < -0.4 is 9.46 Å². The molecule has 1 saturated heterocycles. The quantitative estimate of drug-likeness (QED) is 0.0786. The summed E-state index contributed by atoms with van der Waals surface area (Å²) >= 11 is 1.20. The summed E-state index contributed by atoms with van der Waals surface area (Å²) in [5.41, 5.74) is -1.70. The number of carbonyl (C=O) groups is 4. The van der Waals surface area contributed by atoms with Crippen molar-refractivity contribution in [2.24, 2.45) is 22.7 Å². The number of esters is 1. The summed E-state index contributed by atoms with van der Waals surface area (Å²) in [7, 11) is -3.95. The molecule has 4 heterocycles. The normalized spacial score (nSPS) is 21.7. The first-order valence-corrected chi connectivity index (χ1v) is 23.7. The van der Waals surface area contributed by atoms with E-state index >= 15 is 4.79 Å². The van der Waals surface area contributed by atoms with Gasteiger partial charge in [-0.1, -0.05) is 51.1 Å². The maximum atomic E-state index is 15.1. The number of furan rings is 1. The van der Waals surface area contributed by atoms with Gasteiger partial charge in [0.05, 0.1) is 39.9 Å². The molecule has 344 valence electrons. The van der Waals surface area contributed by atoms with Crippen molar-refractivity contribution in [2.75, 3.05) is 6.54 Å². The summed E-state index contributed by atoms with van der Waals surface area (Å²) in [5, 5.41) is 1.97. The number of fused-ring (bicyclic) bond motifs is 3. The largest absolute Gasteiger partial charge is 0.470 e. The lowest BCUT2D eigenvalue weighted by Gasteiger charge is -2.35. The van der Waals surface area contributed by atoms with Crippen molar-refractivity contribution >= 4 is 67.0 Å². The van der Waals surface area contributed by atoms with Crippen LogP contribution in [0.4, 0.5) is 13.2 Å². The Morgan fingerprint density at radius 1 is 1.05 bits per heavy atom. The number of thiazole rings is 1. The monoisotopic (exact) mass is 935 g/mol. The molecule has 2 saturated carbocycles. The molecular formula is C46H48F3N5O9S2. The van der Waals surface area contributed by atoms with Gasteiger partial charge in [-0.15, -0.1) is 17.9 Å². The second-order valence-electron chi connectivity index (χ2n) is 18.4. The Morgan fingerprint density at radius 3 is 2.38 bits per heavy atom. The fourth-order valence-electron chi connectivity index (χ4n) is 8.39. The standard InChI is InChI=1S/C46H48F3N5O9S2/c1-7-26-20-45(26,43(58)53-65(59,60)29-16-17-29)21-34(55)33-18-28(22-54(33)41(56)31(44(4,5)6)19-36-50-32(23-64-36)42(57)61-24(2)3)62-40-38-37(30-10-8-9-11-35(30)63-38)51-39(52-40)25-12-14-27(15-13-25)46(47,48)49/h7-15,23-24,26,28-29,31,33H,1,16-22H2,2-6H3,(H,53,58)/t26-,28-,31-,33+,45-/m1/s1. The van der Waals surface area contributed by atoms with Crippen LogP contribution in [0, 0.1) is 22.7 Å². The maximum Gasteiger partial charge on any atom is 0.416 e. The SMILES string of the molecule is C=C[C@@H]1C[C@]1(CC(=O)[C@@H]1C[C@@H](Oc2nc(-c3ccc(C(F)(F)F)cc3)nc3c2oc2ccccc23)CN1C(=O)[C@@H](Cc1nc(C(=O)OC(C)C)cs1)C(C)(C)C)C(=O)NS(=O)(=O)C1CC1. The van der Waals surface area contributed by atoms with Crippen LogP contribution in [0.1, 0.15) is 87.8 Å². The van der Waals surface area contributed by atoms with E-state index in [2.05, 4.69) is 26.3 Å². The van der Waals surface area contributed by atoms with Crippen LogP contribution in [0.25, 0.3) is 33.5 Å². The fourth-order valence-corrected chi connectivity index (χ4v) is 10.6. The molecule has 0 unspecified atom stereocenters. The number of rotatable bonds is 15. The van der Waals surface area contributed by atoms with E-state index in [0.717, 1.165) is 12.1 Å². The van der Waals surface area contributed by atoms with Gasteiger partial charge in [-0.05, 0) is 68.7 Å². The van der Waals surface area contributed by atoms with Crippen molar-refractivity contribution < 1.29 is 54.7 Å². The molecular weight excluding hydrogens is 888 g/mol. The Morgan fingerprint density at radius 2 is 1.75 bits per heavy atom. The summed E-state index contributed by atoms with van der Waals surface area (Å²) < 4.78 is 86.6. The Kier molecular flexibility index (Phi) is 12.0. The highest BCUT2D eigenvalue weighted by atomic mass is 32.2. The second-order valence-corrected chi connectivity index (χ2v) is 21.3. The van der Waals surface area contributed by atoms with Crippen LogP contribution in [0.5, 0.6) is 5.88 Å². The summed E-state index contributed by atoms with van der Waals surface area (Å²) in [6.07, 6.45) is -3.63. The number of hydrogen-bond acceptors (Lipinski definition) is 13. The van der Waals surface area contributed by atoms with Crippen molar-refractivity contribution in [1.82, 2.24) is 24.6 Å². The third kappa shape index (κ3) is 9.39. The topological polar surface area (TPSA) is 188 Å². The highest BCUT2D eigenvalue weighted by Gasteiger charge is 2.61. The molecule has 5 aromatic rings. The highest BCUT2D eigenvalue weighted by molar-refractivity contribution is 7.90. The van der Waals surface area contributed by atoms with Gasteiger partial charge in [0.15, 0.2) is 17.3 Å². The lowest BCUT2D eigenvalue weighted by molar-refractivity contribution is -0.144. The number of allylic oxidation sites excluding steroid dienone is 1. The molecule has 2 aromatic carbocycles. The Labute approximate surface area is 377 Å². The first kappa shape index (κ1) is 45.9. The van der Waals surface area contributed by atoms with Crippen LogP contribution in [-0.2, 0) is 41.7 Å². The van der Waals surface area contributed by atoms with Crippen LogP contribution in [0.3, 0.4) is 0 Å². The summed E-state index contributed by atoms with van der Waals surface area (Å²) in [6, 6.07) is 10.2. The van der Waals surface area contributed by atoms with E-state index in [1.54, 1.807) is 43.5 Å². The molecule has 3 aromatic heterocycles. The molecule has 3 aliphatic rings. The van der Waals surface area contributed by atoms with E-state index < -0.39 is 85.4 Å². The highest BCUT2D eigenvalue weighted by Crippen LogP contribution is 2.57. The van der Waals surface area contributed by atoms with Crippen molar-refractivity contribution in [3.63, 3.8) is 0 Å². The first-order valence-electron chi connectivity index (χ1n) is 21.3. The Balaban J connectivity index is 1.14. The average molecular weight is 936 g/mol. The molecule has 3 fully saturated rings. The minimum Gasteiger partial charge on any atom is -0.470 e. The van der Waals surface area contributed by atoms with E-state index in [0.29, 0.717) is 34.3 Å². The van der Waals surface area contributed by atoms with Gasteiger partial charge >= 0.3 is 12.1 Å². The zero-order valence-corrected chi connectivity index (χ0v) is 37.9. The number of ketones is 1. The third-order valence-corrected chi connectivity index (χ3v) is 14.9. The number of para-hydroxylation sites is 1. The first-order chi connectivity index (χ1) is 30.6. The minimum absolute atomic E-state index is 0.0394. The minimum atomic E-state index is -4.57. The smallest absolute Gasteiger partial charge is 0.416 e. The molecule has 65 heavy (non-hydrogen) atoms. The van der Waals surface area contributed by atoms with Crippen molar-refractivity contribution in [3.8, 4) is 17.3 Å². The number of alkyl halides is 3. The number of likely N-dealkylation sites (tertiary alicyclic amines) is 1. The van der Waals surface area contributed by atoms with Gasteiger partial charge < -0.3 is 18.8 Å². The van der Waals surface area contributed by atoms with Crippen molar-refractivity contribution in [3.05, 3.63) is 82.8 Å². The Hall–Kier alpha value is -5.69. The number of aromatic nitrogens is 3. The van der Waals surface area contributed by atoms with E-state index in [-0.39, 0.29) is 66.9 Å². The number of ether oxygens (including phenoxy) is 2.